The maximum Gasteiger partial charge on any atom is 0.273 e. The van der Waals surface area contributed by atoms with Gasteiger partial charge < -0.3 is 4.90 Å². The predicted octanol–water partition coefficient (Wildman–Crippen LogP) is 4.97. The van der Waals surface area contributed by atoms with Crippen LogP contribution in [0.15, 0.2) is 72.4 Å². The fourth-order valence-corrected chi connectivity index (χ4v) is 3.81. The third-order valence-electron chi connectivity index (χ3n) is 4.83. The quantitative estimate of drug-likeness (QED) is 0.470. The van der Waals surface area contributed by atoms with Gasteiger partial charge in [-0.25, -0.2) is 14.1 Å². The third kappa shape index (κ3) is 3.82. The largest absolute Gasteiger partial charge is 0.333 e. The van der Waals surface area contributed by atoms with Gasteiger partial charge in [0.25, 0.3) is 5.91 Å². The highest BCUT2D eigenvalue weighted by Crippen LogP contribution is 2.27. The normalized spacial score (nSPS) is 12.0. The van der Waals surface area contributed by atoms with Gasteiger partial charge in [-0.05, 0) is 25.1 Å². The summed E-state index contributed by atoms with van der Waals surface area (Å²) < 4.78 is 15.8. The molecule has 0 aliphatic heterocycles. The van der Waals surface area contributed by atoms with Crippen LogP contribution in [0.5, 0.6) is 0 Å². The van der Waals surface area contributed by atoms with Gasteiger partial charge in [-0.2, -0.15) is 5.10 Å². The third-order valence-corrected chi connectivity index (χ3v) is 5.72. The lowest BCUT2D eigenvalue weighted by Gasteiger charge is -2.24. The Labute approximate surface area is 172 Å². The number of para-hydroxylation sites is 1. The smallest absolute Gasteiger partial charge is 0.273 e. The average Bonchev–Trinajstić information content (AvgIpc) is 3.43. The standard InChI is InChI=1S/C22H19FN4OS/c1-15(18-10-6-7-11-19(18)23)26(2)22(28)20-14-29-21(25-20)16-12-24-27(13-16)17-8-4-3-5-9-17/h3-15H,1-2H3. The Morgan fingerprint density at radius 1 is 1.14 bits per heavy atom. The molecule has 1 amide bonds. The van der Waals surface area contributed by atoms with Crippen molar-refractivity contribution in [1.82, 2.24) is 19.7 Å². The molecule has 0 bridgehead atoms. The first-order valence-corrected chi connectivity index (χ1v) is 10.00. The molecule has 2 heterocycles. The van der Waals surface area contributed by atoms with Gasteiger partial charge in [0, 0.05) is 29.8 Å². The first-order valence-electron chi connectivity index (χ1n) is 9.12. The average molecular weight is 406 g/mol. The van der Waals surface area contributed by atoms with E-state index in [0.717, 1.165) is 11.3 Å². The van der Waals surface area contributed by atoms with Crippen LogP contribution in [0.1, 0.15) is 29.0 Å². The zero-order chi connectivity index (χ0) is 20.4. The van der Waals surface area contributed by atoms with Crippen LogP contribution in [0, 0.1) is 5.82 Å². The number of carbonyl (C=O) groups excluding carboxylic acids is 1. The van der Waals surface area contributed by atoms with Gasteiger partial charge in [-0.15, -0.1) is 11.3 Å². The molecule has 1 atom stereocenters. The summed E-state index contributed by atoms with van der Waals surface area (Å²) in [5, 5.41) is 6.81. The van der Waals surface area contributed by atoms with Crippen LogP contribution < -0.4 is 0 Å². The van der Waals surface area contributed by atoms with Gasteiger partial charge in [-0.1, -0.05) is 36.4 Å². The molecule has 1 unspecified atom stereocenters. The summed E-state index contributed by atoms with van der Waals surface area (Å²) in [6.45, 7) is 1.80. The highest BCUT2D eigenvalue weighted by atomic mass is 32.1. The summed E-state index contributed by atoms with van der Waals surface area (Å²) in [7, 11) is 1.66. The number of rotatable bonds is 5. The molecule has 4 aromatic rings. The van der Waals surface area contributed by atoms with Gasteiger partial charge in [-0.3, -0.25) is 4.79 Å². The predicted molar refractivity (Wildman–Crippen MR) is 112 cm³/mol. The van der Waals surface area contributed by atoms with Gasteiger partial charge in [0.2, 0.25) is 0 Å². The summed E-state index contributed by atoms with van der Waals surface area (Å²) in [5.41, 5.74) is 2.60. The number of amides is 1. The lowest BCUT2D eigenvalue weighted by Crippen LogP contribution is -2.30. The summed E-state index contributed by atoms with van der Waals surface area (Å²) in [6, 6.07) is 15.9. The lowest BCUT2D eigenvalue weighted by molar-refractivity contribution is 0.0735. The molecular formula is C22H19FN4OS. The number of hydrogen-bond acceptors (Lipinski definition) is 4. The van der Waals surface area contributed by atoms with Crippen molar-refractivity contribution in [3.63, 3.8) is 0 Å². The number of hydrogen-bond donors (Lipinski definition) is 0. The Balaban J connectivity index is 1.54. The van der Waals surface area contributed by atoms with Gasteiger partial charge in [0.05, 0.1) is 17.9 Å². The Bertz CT molecular complexity index is 1140. The molecule has 0 aliphatic carbocycles. The number of thiazole rings is 1. The second-order valence-electron chi connectivity index (χ2n) is 6.66. The van der Waals surface area contributed by atoms with Gasteiger partial charge in [0.1, 0.15) is 16.5 Å². The molecule has 5 nitrogen and oxygen atoms in total. The van der Waals surface area contributed by atoms with Crippen LogP contribution in [0.3, 0.4) is 0 Å². The molecule has 0 N–H and O–H groups in total. The Morgan fingerprint density at radius 2 is 1.86 bits per heavy atom. The topological polar surface area (TPSA) is 51.0 Å². The highest BCUT2D eigenvalue weighted by Gasteiger charge is 2.23. The van der Waals surface area contributed by atoms with Crippen molar-refractivity contribution in [2.24, 2.45) is 0 Å². The fraction of sp³-hybridized carbons (Fsp3) is 0.136. The molecule has 146 valence electrons. The minimum Gasteiger partial charge on any atom is -0.333 e. The highest BCUT2D eigenvalue weighted by molar-refractivity contribution is 7.13. The van der Waals surface area contributed by atoms with E-state index in [2.05, 4.69) is 10.1 Å². The van der Waals surface area contributed by atoms with E-state index in [0.29, 0.717) is 16.3 Å². The second-order valence-corrected chi connectivity index (χ2v) is 7.52. The zero-order valence-corrected chi connectivity index (χ0v) is 16.8. The molecule has 29 heavy (non-hydrogen) atoms. The molecule has 0 spiro atoms. The Hall–Kier alpha value is -3.32. The molecule has 0 aliphatic rings. The lowest BCUT2D eigenvalue weighted by atomic mass is 10.1. The van der Waals surface area contributed by atoms with E-state index in [-0.39, 0.29) is 11.7 Å². The van der Waals surface area contributed by atoms with E-state index < -0.39 is 6.04 Å². The molecular weight excluding hydrogens is 387 g/mol. The van der Waals surface area contributed by atoms with E-state index >= 15 is 0 Å². The monoisotopic (exact) mass is 406 g/mol. The van der Waals surface area contributed by atoms with Crippen LogP contribution in [0.25, 0.3) is 16.3 Å². The van der Waals surface area contributed by atoms with E-state index in [4.69, 9.17) is 0 Å². The fourth-order valence-electron chi connectivity index (χ4n) is 3.04. The van der Waals surface area contributed by atoms with Gasteiger partial charge in [0.15, 0.2) is 0 Å². The molecule has 0 fully saturated rings. The Morgan fingerprint density at radius 3 is 2.62 bits per heavy atom. The van der Waals surface area contributed by atoms with Crippen LogP contribution in [0.4, 0.5) is 4.39 Å². The number of aromatic nitrogens is 3. The van der Waals surface area contributed by atoms with Crippen LogP contribution >= 0.6 is 11.3 Å². The van der Waals surface area contributed by atoms with E-state index in [1.807, 2.05) is 36.5 Å². The minimum atomic E-state index is -0.408. The van der Waals surface area contributed by atoms with Crippen molar-refractivity contribution in [3.8, 4) is 16.3 Å². The molecule has 0 radical (unpaired) electrons. The van der Waals surface area contributed by atoms with Crippen molar-refractivity contribution >= 4 is 17.2 Å². The van der Waals surface area contributed by atoms with Crippen molar-refractivity contribution in [3.05, 3.63) is 89.4 Å². The van der Waals surface area contributed by atoms with Crippen LogP contribution in [-0.4, -0.2) is 32.6 Å². The number of benzene rings is 2. The SMILES string of the molecule is CC(c1ccccc1F)N(C)C(=O)c1csc(-c2cnn(-c3ccccc3)c2)n1. The maximum absolute atomic E-state index is 14.1. The molecule has 7 heteroatoms. The van der Waals surface area contributed by atoms with E-state index in [1.165, 1.54) is 22.3 Å². The van der Waals surface area contributed by atoms with Crippen molar-refractivity contribution in [1.29, 1.82) is 0 Å². The maximum atomic E-state index is 14.1. The number of halogens is 1. The van der Waals surface area contributed by atoms with Crippen LogP contribution in [0.2, 0.25) is 0 Å². The number of nitrogens with zero attached hydrogens (tertiary/aromatic N) is 4. The molecule has 2 aromatic heterocycles. The summed E-state index contributed by atoms with van der Waals surface area (Å²) in [6.07, 6.45) is 3.61. The summed E-state index contributed by atoms with van der Waals surface area (Å²) >= 11 is 1.38. The zero-order valence-electron chi connectivity index (χ0n) is 16.0. The molecule has 0 saturated carbocycles. The van der Waals surface area contributed by atoms with Crippen LogP contribution in [-0.2, 0) is 0 Å². The first-order chi connectivity index (χ1) is 14.0. The van der Waals surface area contributed by atoms with E-state index in [9.17, 15) is 9.18 Å². The van der Waals surface area contributed by atoms with E-state index in [1.54, 1.807) is 48.4 Å². The number of carbonyl (C=O) groups is 1. The Kier molecular flexibility index (Phi) is 5.22. The summed E-state index contributed by atoms with van der Waals surface area (Å²) in [4.78, 5) is 18.9. The van der Waals surface area contributed by atoms with Crippen molar-refractivity contribution in [2.45, 2.75) is 13.0 Å². The van der Waals surface area contributed by atoms with Crippen molar-refractivity contribution < 1.29 is 9.18 Å². The first kappa shape index (κ1) is 19.0. The van der Waals surface area contributed by atoms with Gasteiger partial charge >= 0.3 is 0 Å². The van der Waals surface area contributed by atoms with Crippen molar-refractivity contribution in [2.75, 3.05) is 7.05 Å². The second kappa shape index (κ2) is 7.97. The molecule has 2 aromatic carbocycles. The summed E-state index contributed by atoms with van der Waals surface area (Å²) in [5.74, 6) is -0.578. The minimum absolute atomic E-state index is 0.251. The molecule has 0 saturated heterocycles. The molecule has 4 rings (SSSR count).